The van der Waals surface area contributed by atoms with E-state index in [-0.39, 0.29) is 35.5 Å². The van der Waals surface area contributed by atoms with Gasteiger partial charge in [-0.2, -0.15) is 0 Å². The molecule has 2 heterocycles. The first kappa shape index (κ1) is 24.4. The van der Waals surface area contributed by atoms with Gasteiger partial charge in [0.05, 0.1) is 18.2 Å². The number of nitrogens with zero attached hydrogens (tertiary/aromatic N) is 1. The lowest BCUT2D eigenvalue weighted by molar-refractivity contribution is -0.139. The Hall–Kier alpha value is -4.26. The van der Waals surface area contributed by atoms with Gasteiger partial charge in [-0.15, -0.1) is 0 Å². The molecular weight excluding hydrogens is 470 g/mol. The standard InChI is InChI=1S/C30H29NO6/c1-3-36-25-17-20(9-11-23(25)32)27-26(28(33)21-10-12-24-22(16-21)15-18(2)37-24)29(34)30(35)31(27)14-13-19-7-5-4-6-8-19/h4-12,16-18,27,32-33H,3,13-15H2,1-2H3/b28-26+/t18-,27+/m0/s1. The summed E-state index contributed by atoms with van der Waals surface area (Å²) in [5, 5.41) is 21.7. The molecule has 0 radical (unpaired) electrons. The van der Waals surface area contributed by atoms with Crippen LogP contribution in [0.15, 0.2) is 72.3 Å². The second-order valence-electron chi connectivity index (χ2n) is 9.34. The summed E-state index contributed by atoms with van der Waals surface area (Å²) in [6.07, 6.45) is 1.26. The Morgan fingerprint density at radius 3 is 2.62 bits per heavy atom. The predicted octanol–water partition coefficient (Wildman–Crippen LogP) is 4.78. The van der Waals surface area contributed by atoms with Crippen molar-refractivity contribution in [1.29, 1.82) is 0 Å². The van der Waals surface area contributed by atoms with Gasteiger partial charge < -0.3 is 24.6 Å². The SMILES string of the molecule is CCOc1cc([C@@H]2/C(=C(\O)c3ccc4c(c3)C[C@H](C)O4)C(=O)C(=O)N2CCc2ccccc2)ccc1O. The highest BCUT2D eigenvalue weighted by molar-refractivity contribution is 6.46. The number of likely N-dealkylation sites (tertiary alicyclic amines) is 1. The van der Waals surface area contributed by atoms with Crippen LogP contribution in [0.25, 0.3) is 5.76 Å². The van der Waals surface area contributed by atoms with Crippen LogP contribution in [0.1, 0.15) is 42.1 Å². The van der Waals surface area contributed by atoms with E-state index in [1.807, 2.05) is 43.3 Å². The van der Waals surface area contributed by atoms with E-state index < -0.39 is 17.7 Å². The van der Waals surface area contributed by atoms with E-state index >= 15 is 0 Å². The minimum atomic E-state index is -0.841. The third-order valence-electron chi connectivity index (χ3n) is 6.79. The zero-order valence-electron chi connectivity index (χ0n) is 20.8. The molecule has 0 saturated carbocycles. The lowest BCUT2D eigenvalue weighted by Gasteiger charge is -2.26. The molecule has 3 aromatic rings. The summed E-state index contributed by atoms with van der Waals surface area (Å²) in [4.78, 5) is 28.2. The smallest absolute Gasteiger partial charge is 0.295 e. The molecule has 5 rings (SSSR count). The number of ether oxygens (including phenoxy) is 2. The number of aliphatic hydroxyl groups is 1. The molecule has 0 bridgehead atoms. The van der Waals surface area contributed by atoms with Crippen molar-refractivity contribution >= 4 is 17.4 Å². The maximum absolute atomic E-state index is 13.4. The second-order valence-corrected chi connectivity index (χ2v) is 9.34. The number of amides is 1. The summed E-state index contributed by atoms with van der Waals surface area (Å²) < 4.78 is 11.3. The normalized spacial score (nSPS) is 20.1. The Labute approximate surface area is 215 Å². The van der Waals surface area contributed by atoms with E-state index in [0.717, 1.165) is 16.9 Å². The molecule has 3 aromatic carbocycles. The van der Waals surface area contributed by atoms with Crippen LogP contribution in [0.4, 0.5) is 0 Å². The van der Waals surface area contributed by atoms with Crippen molar-refractivity contribution in [1.82, 2.24) is 4.90 Å². The van der Waals surface area contributed by atoms with Crippen LogP contribution >= 0.6 is 0 Å². The average Bonchev–Trinajstić information content (AvgIpc) is 3.39. The van der Waals surface area contributed by atoms with Crippen molar-refractivity contribution in [2.24, 2.45) is 0 Å². The summed E-state index contributed by atoms with van der Waals surface area (Å²) in [6, 6.07) is 18.9. The Bertz CT molecular complexity index is 1380. The first-order valence-corrected chi connectivity index (χ1v) is 12.5. The predicted molar refractivity (Wildman–Crippen MR) is 139 cm³/mol. The summed E-state index contributed by atoms with van der Waals surface area (Å²) in [5.74, 6) is -0.696. The fourth-order valence-electron chi connectivity index (χ4n) is 5.05. The van der Waals surface area contributed by atoms with E-state index in [1.54, 1.807) is 31.2 Å². The number of rotatable bonds is 7. The number of carbonyl (C=O) groups is 2. The van der Waals surface area contributed by atoms with Crippen molar-refractivity contribution in [3.63, 3.8) is 0 Å². The number of hydrogen-bond donors (Lipinski definition) is 2. The Kier molecular flexibility index (Phi) is 6.61. The van der Waals surface area contributed by atoms with Crippen molar-refractivity contribution in [2.45, 2.75) is 38.8 Å². The Balaban J connectivity index is 1.60. The van der Waals surface area contributed by atoms with Crippen molar-refractivity contribution in [3.05, 3.63) is 94.6 Å². The molecule has 2 atom stereocenters. The molecule has 1 amide bonds. The van der Waals surface area contributed by atoms with Gasteiger partial charge >= 0.3 is 0 Å². The number of aromatic hydroxyl groups is 1. The summed E-state index contributed by atoms with van der Waals surface area (Å²) >= 11 is 0. The van der Waals surface area contributed by atoms with Gasteiger partial charge in [0.2, 0.25) is 0 Å². The topological polar surface area (TPSA) is 96.3 Å². The van der Waals surface area contributed by atoms with E-state index in [4.69, 9.17) is 9.47 Å². The average molecular weight is 500 g/mol. The third-order valence-corrected chi connectivity index (χ3v) is 6.79. The van der Waals surface area contributed by atoms with Crippen LogP contribution in [0, 0.1) is 0 Å². The van der Waals surface area contributed by atoms with Gasteiger partial charge in [-0.05, 0) is 67.3 Å². The number of fused-ring (bicyclic) bond motifs is 1. The van der Waals surface area contributed by atoms with Crippen LogP contribution in [0.3, 0.4) is 0 Å². The number of carbonyl (C=O) groups excluding carboxylic acids is 2. The molecule has 0 spiro atoms. The number of benzene rings is 3. The molecule has 37 heavy (non-hydrogen) atoms. The van der Waals surface area contributed by atoms with Gasteiger partial charge in [0.1, 0.15) is 17.6 Å². The maximum atomic E-state index is 13.4. The Morgan fingerprint density at radius 1 is 1.08 bits per heavy atom. The molecule has 2 N–H and O–H groups in total. The van der Waals surface area contributed by atoms with Crippen molar-refractivity contribution in [2.75, 3.05) is 13.2 Å². The third kappa shape index (κ3) is 4.65. The molecule has 0 aromatic heterocycles. The van der Waals surface area contributed by atoms with Crippen molar-refractivity contribution < 1.29 is 29.3 Å². The fraction of sp³-hybridized carbons (Fsp3) is 0.267. The van der Waals surface area contributed by atoms with Gasteiger partial charge in [0.15, 0.2) is 11.5 Å². The highest BCUT2D eigenvalue weighted by atomic mass is 16.5. The van der Waals surface area contributed by atoms with Crippen LogP contribution in [-0.2, 0) is 22.4 Å². The monoisotopic (exact) mass is 499 g/mol. The highest BCUT2D eigenvalue weighted by Gasteiger charge is 2.46. The number of aliphatic hydroxyl groups excluding tert-OH is 1. The minimum absolute atomic E-state index is 0.0121. The first-order chi connectivity index (χ1) is 17.9. The number of Topliss-reactive ketones (excluding diaryl/α,β-unsaturated/α-hetero) is 1. The Morgan fingerprint density at radius 2 is 1.86 bits per heavy atom. The summed E-state index contributed by atoms with van der Waals surface area (Å²) in [6.45, 7) is 4.38. The zero-order valence-corrected chi connectivity index (χ0v) is 20.8. The molecule has 2 aliphatic heterocycles. The summed E-state index contributed by atoms with van der Waals surface area (Å²) in [5.41, 5.74) is 2.99. The van der Waals surface area contributed by atoms with E-state index in [0.29, 0.717) is 30.6 Å². The van der Waals surface area contributed by atoms with Crippen LogP contribution in [-0.4, -0.2) is 46.1 Å². The first-order valence-electron chi connectivity index (χ1n) is 12.5. The quantitative estimate of drug-likeness (QED) is 0.276. The number of hydrogen-bond acceptors (Lipinski definition) is 6. The van der Waals surface area contributed by atoms with Gasteiger partial charge in [-0.3, -0.25) is 9.59 Å². The van der Waals surface area contributed by atoms with Gasteiger partial charge in [-0.1, -0.05) is 36.4 Å². The molecule has 190 valence electrons. The van der Waals surface area contributed by atoms with Gasteiger partial charge in [0.25, 0.3) is 11.7 Å². The molecular formula is C30H29NO6. The molecule has 1 saturated heterocycles. The maximum Gasteiger partial charge on any atom is 0.295 e. The summed E-state index contributed by atoms with van der Waals surface area (Å²) in [7, 11) is 0. The lowest BCUT2D eigenvalue weighted by atomic mass is 9.94. The van der Waals surface area contributed by atoms with Crippen LogP contribution in [0.2, 0.25) is 0 Å². The van der Waals surface area contributed by atoms with E-state index in [1.165, 1.54) is 11.0 Å². The lowest BCUT2D eigenvalue weighted by Crippen LogP contribution is -2.31. The zero-order chi connectivity index (χ0) is 26.1. The molecule has 7 nitrogen and oxygen atoms in total. The number of ketones is 1. The van der Waals surface area contributed by atoms with Crippen LogP contribution < -0.4 is 9.47 Å². The molecule has 0 unspecified atom stereocenters. The highest BCUT2D eigenvalue weighted by Crippen LogP contribution is 2.42. The molecule has 1 fully saturated rings. The van der Waals surface area contributed by atoms with Crippen LogP contribution in [0.5, 0.6) is 17.2 Å². The minimum Gasteiger partial charge on any atom is -0.507 e. The van der Waals surface area contributed by atoms with Crippen molar-refractivity contribution in [3.8, 4) is 17.2 Å². The second kappa shape index (κ2) is 10.0. The van der Waals surface area contributed by atoms with E-state index in [9.17, 15) is 19.8 Å². The molecule has 2 aliphatic rings. The van der Waals surface area contributed by atoms with Gasteiger partial charge in [0, 0.05) is 18.5 Å². The largest absolute Gasteiger partial charge is 0.507 e. The molecule has 0 aliphatic carbocycles. The fourth-order valence-corrected chi connectivity index (χ4v) is 5.05. The number of phenols is 1. The van der Waals surface area contributed by atoms with E-state index in [2.05, 4.69) is 0 Å². The molecule has 7 heteroatoms. The number of phenolic OH excluding ortho intramolecular Hbond substituents is 1. The van der Waals surface area contributed by atoms with Gasteiger partial charge in [-0.25, -0.2) is 0 Å².